The van der Waals surface area contributed by atoms with Crippen LogP contribution in [0.25, 0.3) is 0 Å². The third kappa shape index (κ3) is 5.24. The van der Waals surface area contributed by atoms with Crippen LogP contribution in [0.1, 0.15) is 0 Å². The van der Waals surface area contributed by atoms with Crippen LogP contribution in [-0.4, -0.2) is 26.1 Å². The van der Waals surface area contributed by atoms with E-state index in [1.54, 1.807) is 7.05 Å². The molecular weight excluding hydrogens is 273 g/mol. The molecule has 0 radical (unpaired) electrons. The minimum Gasteiger partial charge on any atom is -0.432 e. The van der Waals surface area contributed by atoms with Gasteiger partial charge in [-0.05, 0) is 19.2 Å². The number of hydrogen-bond acceptors (Lipinski definition) is 3. The molecule has 8 heteroatoms. The van der Waals surface area contributed by atoms with Gasteiger partial charge in [-0.2, -0.15) is 8.78 Å². The van der Waals surface area contributed by atoms with Crippen LogP contribution in [0.15, 0.2) is 18.2 Å². The first-order chi connectivity index (χ1) is 8.02. The van der Waals surface area contributed by atoms with Crippen molar-refractivity contribution in [2.75, 3.05) is 18.9 Å². The van der Waals surface area contributed by atoms with Crippen LogP contribution < -0.4 is 15.4 Å². The summed E-state index contributed by atoms with van der Waals surface area (Å²) in [5, 5.41) is 4.90. The number of anilines is 1. The summed E-state index contributed by atoms with van der Waals surface area (Å²) in [5.74, 6) is -1.59. The van der Waals surface area contributed by atoms with Crippen molar-refractivity contribution in [1.29, 1.82) is 0 Å². The van der Waals surface area contributed by atoms with E-state index in [-0.39, 0.29) is 24.6 Å². The van der Waals surface area contributed by atoms with Gasteiger partial charge in [0.2, 0.25) is 5.91 Å². The molecule has 0 saturated heterocycles. The van der Waals surface area contributed by atoms with Gasteiger partial charge in [0.1, 0.15) is 5.82 Å². The molecule has 0 aliphatic carbocycles. The van der Waals surface area contributed by atoms with Crippen LogP contribution in [0.2, 0.25) is 0 Å². The first-order valence-corrected chi connectivity index (χ1v) is 4.71. The van der Waals surface area contributed by atoms with Crippen molar-refractivity contribution in [1.82, 2.24) is 5.32 Å². The van der Waals surface area contributed by atoms with E-state index in [1.165, 1.54) is 0 Å². The molecule has 1 aromatic rings. The number of rotatable bonds is 5. The molecule has 1 rings (SSSR count). The zero-order valence-electron chi connectivity index (χ0n) is 9.38. The quantitative estimate of drug-likeness (QED) is 0.870. The SMILES string of the molecule is CNCC(=O)Nc1ccc(F)cc1OC(F)F.Cl. The highest BCUT2D eigenvalue weighted by molar-refractivity contribution is 5.93. The number of carbonyl (C=O) groups excluding carboxylic acids is 1. The van der Waals surface area contributed by atoms with Crippen LogP contribution in [0.4, 0.5) is 18.9 Å². The van der Waals surface area contributed by atoms with E-state index in [0.29, 0.717) is 0 Å². The van der Waals surface area contributed by atoms with Gasteiger partial charge >= 0.3 is 6.61 Å². The van der Waals surface area contributed by atoms with Crippen LogP contribution in [-0.2, 0) is 4.79 Å². The molecule has 1 aromatic carbocycles. The molecule has 0 unspecified atom stereocenters. The average molecular weight is 285 g/mol. The summed E-state index contributed by atoms with van der Waals surface area (Å²) >= 11 is 0. The Balaban J connectivity index is 0.00000289. The Labute approximate surface area is 108 Å². The molecule has 4 nitrogen and oxygen atoms in total. The van der Waals surface area contributed by atoms with Crippen molar-refractivity contribution in [3.63, 3.8) is 0 Å². The summed E-state index contributed by atoms with van der Waals surface area (Å²) in [6.07, 6.45) is 0. The first-order valence-electron chi connectivity index (χ1n) is 4.71. The highest BCUT2D eigenvalue weighted by Gasteiger charge is 2.12. The molecule has 0 bridgehead atoms. The summed E-state index contributed by atoms with van der Waals surface area (Å²) in [6, 6.07) is 2.97. The molecular formula is C10H12ClF3N2O2. The second-order valence-electron chi connectivity index (χ2n) is 3.10. The molecule has 0 aliphatic heterocycles. The highest BCUT2D eigenvalue weighted by Crippen LogP contribution is 2.26. The third-order valence-corrected chi connectivity index (χ3v) is 1.77. The van der Waals surface area contributed by atoms with Gasteiger partial charge in [-0.25, -0.2) is 4.39 Å². The topological polar surface area (TPSA) is 50.4 Å². The number of hydrogen-bond donors (Lipinski definition) is 2. The zero-order valence-corrected chi connectivity index (χ0v) is 10.2. The molecule has 2 N–H and O–H groups in total. The summed E-state index contributed by atoms with van der Waals surface area (Å²) < 4.78 is 41.0. The Hall–Kier alpha value is -1.47. The van der Waals surface area contributed by atoms with Crippen molar-refractivity contribution >= 4 is 24.0 Å². The fourth-order valence-electron chi connectivity index (χ4n) is 1.15. The lowest BCUT2D eigenvalue weighted by Crippen LogP contribution is -2.25. The van der Waals surface area contributed by atoms with Gasteiger partial charge in [-0.1, -0.05) is 0 Å². The average Bonchev–Trinajstić information content (AvgIpc) is 2.21. The van der Waals surface area contributed by atoms with Crippen molar-refractivity contribution in [2.45, 2.75) is 6.61 Å². The lowest BCUT2D eigenvalue weighted by atomic mass is 10.3. The minimum atomic E-state index is -3.09. The third-order valence-electron chi connectivity index (χ3n) is 1.77. The molecule has 18 heavy (non-hydrogen) atoms. The standard InChI is InChI=1S/C10H11F3N2O2.ClH/c1-14-5-9(16)15-7-3-2-6(11)4-8(7)17-10(12)13;/h2-4,10,14H,5H2,1H3,(H,15,16);1H. The Bertz CT molecular complexity index is 405. The summed E-state index contributed by atoms with van der Waals surface area (Å²) in [7, 11) is 1.56. The minimum absolute atomic E-state index is 0. The monoisotopic (exact) mass is 284 g/mol. The molecule has 102 valence electrons. The van der Waals surface area contributed by atoms with Crippen molar-refractivity contribution in [3.05, 3.63) is 24.0 Å². The molecule has 0 heterocycles. The normalized spacial score (nSPS) is 9.83. The van der Waals surface area contributed by atoms with Crippen molar-refractivity contribution in [2.24, 2.45) is 0 Å². The van der Waals surface area contributed by atoms with Gasteiger partial charge in [0.15, 0.2) is 5.75 Å². The van der Waals surface area contributed by atoms with E-state index < -0.39 is 24.1 Å². The number of likely N-dealkylation sites (N-methyl/N-ethyl adjacent to an activating group) is 1. The summed E-state index contributed by atoms with van der Waals surface area (Å²) in [5.41, 5.74) is -0.00745. The first kappa shape index (κ1) is 16.5. The maximum atomic E-state index is 12.8. The molecule has 0 atom stereocenters. The Morgan fingerprint density at radius 1 is 1.44 bits per heavy atom. The number of ether oxygens (including phenoxy) is 1. The van der Waals surface area contributed by atoms with Gasteiger partial charge in [0, 0.05) is 6.07 Å². The van der Waals surface area contributed by atoms with Crippen LogP contribution in [0.5, 0.6) is 5.75 Å². The largest absolute Gasteiger partial charge is 0.432 e. The Morgan fingerprint density at radius 2 is 2.11 bits per heavy atom. The predicted molar refractivity (Wildman–Crippen MR) is 62.8 cm³/mol. The Morgan fingerprint density at radius 3 is 2.67 bits per heavy atom. The molecule has 0 aromatic heterocycles. The van der Waals surface area contributed by atoms with Gasteiger partial charge in [-0.3, -0.25) is 4.79 Å². The number of alkyl halides is 2. The van der Waals surface area contributed by atoms with E-state index in [9.17, 15) is 18.0 Å². The van der Waals surface area contributed by atoms with Crippen LogP contribution in [0.3, 0.4) is 0 Å². The number of benzene rings is 1. The maximum Gasteiger partial charge on any atom is 0.387 e. The van der Waals surface area contributed by atoms with E-state index in [1.807, 2.05) is 0 Å². The molecule has 0 spiro atoms. The number of amides is 1. The van der Waals surface area contributed by atoms with E-state index >= 15 is 0 Å². The fraction of sp³-hybridized carbons (Fsp3) is 0.300. The number of nitrogens with one attached hydrogen (secondary N) is 2. The van der Waals surface area contributed by atoms with Gasteiger partial charge in [-0.15, -0.1) is 12.4 Å². The lowest BCUT2D eigenvalue weighted by Gasteiger charge is -2.11. The Kier molecular flexibility index (Phi) is 7.14. The number of halogens is 4. The van der Waals surface area contributed by atoms with E-state index in [0.717, 1.165) is 18.2 Å². The van der Waals surface area contributed by atoms with Gasteiger partial charge in [0.25, 0.3) is 0 Å². The summed E-state index contributed by atoms with van der Waals surface area (Å²) in [6.45, 7) is -3.08. The molecule has 0 saturated carbocycles. The zero-order chi connectivity index (χ0) is 12.8. The van der Waals surface area contributed by atoms with Crippen LogP contribution >= 0.6 is 12.4 Å². The predicted octanol–water partition coefficient (Wildman–Crippen LogP) is 2.01. The second-order valence-corrected chi connectivity index (χ2v) is 3.10. The van der Waals surface area contributed by atoms with E-state index in [4.69, 9.17) is 0 Å². The van der Waals surface area contributed by atoms with Crippen LogP contribution in [0, 0.1) is 5.82 Å². The fourth-order valence-corrected chi connectivity index (χ4v) is 1.15. The molecule has 0 fully saturated rings. The number of carbonyl (C=O) groups is 1. The maximum absolute atomic E-state index is 12.8. The lowest BCUT2D eigenvalue weighted by molar-refractivity contribution is -0.115. The summed E-state index contributed by atoms with van der Waals surface area (Å²) in [4.78, 5) is 11.2. The molecule has 0 aliphatic rings. The van der Waals surface area contributed by atoms with Gasteiger partial charge in [0.05, 0.1) is 12.2 Å². The highest BCUT2D eigenvalue weighted by atomic mass is 35.5. The van der Waals surface area contributed by atoms with Crippen molar-refractivity contribution < 1.29 is 22.7 Å². The molecule has 1 amide bonds. The van der Waals surface area contributed by atoms with Gasteiger partial charge < -0.3 is 15.4 Å². The smallest absolute Gasteiger partial charge is 0.387 e. The van der Waals surface area contributed by atoms with E-state index in [2.05, 4.69) is 15.4 Å². The van der Waals surface area contributed by atoms with Crippen molar-refractivity contribution in [3.8, 4) is 5.75 Å². The second kappa shape index (κ2) is 7.78.